The van der Waals surface area contributed by atoms with Crippen molar-refractivity contribution in [3.63, 3.8) is 0 Å². The molecule has 2 amide bonds. The van der Waals surface area contributed by atoms with Crippen molar-refractivity contribution in [2.75, 3.05) is 25.0 Å². The van der Waals surface area contributed by atoms with Gasteiger partial charge < -0.3 is 15.0 Å². The molecule has 168 valence electrons. The van der Waals surface area contributed by atoms with Gasteiger partial charge in [-0.3, -0.25) is 14.9 Å². The first-order valence-corrected chi connectivity index (χ1v) is 11.3. The number of primary amides is 1. The van der Waals surface area contributed by atoms with E-state index in [-0.39, 0.29) is 27.5 Å². The van der Waals surface area contributed by atoms with E-state index in [1.807, 2.05) is 20.8 Å². The van der Waals surface area contributed by atoms with Crippen molar-refractivity contribution in [2.24, 2.45) is 5.73 Å². The highest BCUT2D eigenvalue weighted by atomic mass is 32.2. The van der Waals surface area contributed by atoms with E-state index in [4.69, 9.17) is 15.0 Å². The minimum atomic E-state index is -3.72. The Morgan fingerprint density at radius 2 is 1.90 bits per heavy atom. The first-order valence-electron chi connectivity index (χ1n) is 9.82. The van der Waals surface area contributed by atoms with E-state index >= 15 is 0 Å². The molecule has 0 unspecified atom stereocenters. The number of amides is 2. The van der Waals surface area contributed by atoms with Crippen LogP contribution in [0, 0.1) is 0 Å². The van der Waals surface area contributed by atoms with Crippen LogP contribution in [0.5, 0.6) is 5.75 Å². The Balaban J connectivity index is 1.70. The lowest BCUT2D eigenvalue weighted by Gasteiger charge is -2.17. The number of carbonyl (C=O) groups is 2. The fourth-order valence-corrected chi connectivity index (χ4v) is 4.61. The van der Waals surface area contributed by atoms with Gasteiger partial charge in [0.2, 0.25) is 15.9 Å². The van der Waals surface area contributed by atoms with Crippen LogP contribution in [0.3, 0.4) is 0 Å². The maximum atomic E-state index is 12.7. The summed E-state index contributed by atoms with van der Waals surface area (Å²) in [5, 5.41) is 6.42. The molecule has 1 aliphatic rings. The van der Waals surface area contributed by atoms with Gasteiger partial charge >= 0.3 is 0 Å². The highest BCUT2D eigenvalue weighted by molar-refractivity contribution is 7.89. The summed E-state index contributed by atoms with van der Waals surface area (Å²) in [5.74, 6) is -1.23. The maximum absolute atomic E-state index is 12.7. The Bertz CT molecular complexity index is 1080. The third-order valence-electron chi connectivity index (χ3n) is 4.82. The van der Waals surface area contributed by atoms with E-state index in [2.05, 4.69) is 10.5 Å². The van der Waals surface area contributed by atoms with E-state index in [1.54, 1.807) is 6.07 Å². The van der Waals surface area contributed by atoms with Gasteiger partial charge in [-0.15, -0.1) is 0 Å². The van der Waals surface area contributed by atoms with Crippen LogP contribution in [0.2, 0.25) is 0 Å². The molecule has 1 aromatic carbocycles. The molecule has 1 aliphatic heterocycles. The van der Waals surface area contributed by atoms with Gasteiger partial charge in [0, 0.05) is 24.6 Å². The van der Waals surface area contributed by atoms with Crippen molar-refractivity contribution >= 4 is 27.7 Å². The number of nitrogens with two attached hydrogens (primary N) is 1. The maximum Gasteiger partial charge on any atom is 0.264 e. The molecule has 0 radical (unpaired) electrons. The third kappa shape index (κ3) is 5.23. The van der Waals surface area contributed by atoms with Crippen LogP contribution in [0.15, 0.2) is 33.7 Å². The van der Waals surface area contributed by atoms with Gasteiger partial charge in [-0.1, -0.05) is 25.9 Å². The molecule has 1 saturated heterocycles. The van der Waals surface area contributed by atoms with Crippen molar-refractivity contribution in [2.45, 2.75) is 43.9 Å². The smallest absolute Gasteiger partial charge is 0.264 e. The molecule has 31 heavy (non-hydrogen) atoms. The van der Waals surface area contributed by atoms with Crippen LogP contribution >= 0.6 is 0 Å². The second-order valence-electron chi connectivity index (χ2n) is 8.30. The van der Waals surface area contributed by atoms with E-state index in [0.29, 0.717) is 18.8 Å². The second kappa shape index (κ2) is 8.67. The summed E-state index contributed by atoms with van der Waals surface area (Å²) in [4.78, 5) is 24.0. The Morgan fingerprint density at radius 3 is 2.48 bits per heavy atom. The molecule has 2 aromatic rings. The first-order chi connectivity index (χ1) is 14.5. The normalized spacial score (nSPS) is 15.1. The van der Waals surface area contributed by atoms with Gasteiger partial charge in [0.1, 0.15) is 5.75 Å². The van der Waals surface area contributed by atoms with Crippen molar-refractivity contribution in [3.8, 4) is 5.75 Å². The van der Waals surface area contributed by atoms with E-state index in [1.165, 1.54) is 22.5 Å². The summed E-state index contributed by atoms with van der Waals surface area (Å²) in [6.07, 6.45) is 1.58. The standard InChI is InChI=1S/C20H26N4O6S/c1-20(2,3)16-11-18(30-23-16)22-17(25)12-29-15-7-6-13(10-14(15)19(21)26)31(27,28)24-8-4-5-9-24/h6-7,10-11H,4-5,8-9,12H2,1-3H3,(H2,21,26)(H,22,25). The lowest BCUT2D eigenvalue weighted by Crippen LogP contribution is -2.28. The van der Waals surface area contributed by atoms with Crippen molar-refractivity contribution in [1.82, 2.24) is 9.46 Å². The zero-order valence-corrected chi connectivity index (χ0v) is 18.5. The minimum Gasteiger partial charge on any atom is -0.483 e. The van der Waals surface area contributed by atoms with E-state index in [9.17, 15) is 18.0 Å². The number of anilines is 1. The summed E-state index contributed by atoms with van der Waals surface area (Å²) >= 11 is 0. The van der Waals surface area contributed by atoms with Gasteiger partial charge in [-0.25, -0.2) is 8.42 Å². The van der Waals surface area contributed by atoms with E-state index < -0.39 is 28.4 Å². The molecule has 0 aliphatic carbocycles. The first kappa shape index (κ1) is 22.8. The van der Waals surface area contributed by atoms with Gasteiger partial charge in [-0.05, 0) is 31.0 Å². The number of carbonyl (C=O) groups excluding carboxylic acids is 2. The summed E-state index contributed by atoms with van der Waals surface area (Å²) in [5.41, 5.74) is 5.72. The van der Waals surface area contributed by atoms with Crippen LogP contribution in [0.1, 0.15) is 49.7 Å². The molecule has 3 rings (SSSR count). The molecule has 0 atom stereocenters. The number of hydrogen-bond acceptors (Lipinski definition) is 7. The molecular weight excluding hydrogens is 424 g/mol. The number of aromatic nitrogens is 1. The van der Waals surface area contributed by atoms with E-state index in [0.717, 1.165) is 12.8 Å². The number of sulfonamides is 1. The topological polar surface area (TPSA) is 145 Å². The van der Waals surface area contributed by atoms with Crippen molar-refractivity contribution < 1.29 is 27.3 Å². The lowest BCUT2D eigenvalue weighted by atomic mass is 9.92. The number of benzene rings is 1. The Hall–Kier alpha value is -2.92. The predicted octanol–water partition coefficient (Wildman–Crippen LogP) is 1.87. The zero-order valence-electron chi connectivity index (χ0n) is 17.7. The van der Waals surface area contributed by atoms with Crippen LogP contribution in [-0.2, 0) is 20.2 Å². The molecule has 1 aromatic heterocycles. The quantitative estimate of drug-likeness (QED) is 0.655. The van der Waals surface area contributed by atoms with Gasteiger partial charge in [0.25, 0.3) is 11.8 Å². The molecule has 11 heteroatoms. The summed E-state index contributed by atoms with van der Waals surface area (Å²) in [7, 11) is -3.72. The Morgan fingerprint density at radius 1 is 1.23 bits per heavy atom. The van der Waals surface area contributed by atoms with Crippen LogP contribution in [0.25, 0.3) is 0 Å². The minimum absolute atomic E-state index is 0.0102. The SMILES string of the molecule is CC(C)(C)c1cc(NC(=O)COc2ccc(S(=O)(=O)N3CCCC3)cc2C(N)=O)on1. The Kier molecular flexibility index (Phi) is 6.37. The molecule has 0 spiro atoms. The number of hydrogen-bond donors (Lipinski definition) is 2. The Labute approximate surface area is 180 Å². The summed E-state index contributed by atoms with van der Waals surface area (Å²) in [6, 6.07) is 5.45. The third-order valence-corrected chi connectivity index (χ3v) is 6.71. The van der Waals surface area contributed by atoms with Crippen LogP contribution in [-0.4, -0.2) is 49.4 Å². The van der Waals surface area contributed by atoms with Gasteiger partial charge in [0.15, 0.2) is 6.61 Å². The molecule has 0 saturated carbocycles. The fraction of sp³-hybridized carbons (Fsp3) is 0.450. The molecule has 1 fully saturated rings. The summed E-state index contributed by atoms with van der Waals surface area (Å²) < 4.78 is 37.3. The molecule has 3 N–H and O–H groups in total. The van der Waals surface area contributed by atoms with Gasteiger partial charge in [0.05, 0.1) is 16.2 Å². The average molecular weight is 451 g/mol. The highest BCUT2D eigenvalue weighted by Crippen LogP contribution is 2.27. The zero-order chi connectivity index (χ0) is 22.8. The predicted molar refractivity (Wildman–Crippen MR) is 112 cm³/mol. The number of rotatable bonds is 7. The molecule has 0 bridgehead atoms. The van der Waals surface area contributed by atoms with Gasteiger partial charge in [-0.2, -0.15) is 4.31 Å². The second-order valence-corrected chi connectivity index (χ2v) is 10.2. The van der Waals surface area contributed by atoms with Crippen LogP contribution < -0.4 is 15.8 Å². The number of nitrogens with one attached hydrogen (secondary N) is 1. The largest absolute Gasteiger partial charge is 0.483 e. The molecule has 10 nitrogen and oxygen atoms in total. The number of nitrogens with zero attached hydrogens (tertiary/aromatic N) is 2. The van der Waals surface area contributed by atoms with Crippen LogP contribution in [0.4, 0.5) is 5.88 Å². The number of ether oxygens (including phenoxy) is 1. The lowest BCUT2D eigenvalue weighted by molar-refractivity contribution is -0.118. The summed E-state index contributed by atoms with van der Waals surface area (Å²) in [6.45, 7) is 6.30. The highest BCUT2D eigenvalue weighted by Gasteiger charge is 2.28. The van der Waals surface area contributed by atoms with Crippen molar-refractivity contribution in [3.05, 3.63) is 35.5 Å². The molecule has 2 heterocycles. The van der Waals surface area contributed by atoms with Crippen molar-refractivity contribution in [1.29, 1.82) is 0 Å². The molecular formula is C20H26N4O6S. The fourth-order valence-electron chi connectivity index (χ4n) is 3.07. The monoisotopic (exact) mass is 450 g/mol. The average Bonchev–Trinajstić information content (AvgIpc) is 3.38.